The van der Waals surface area contributed by atoms with Crippen LogP contribution >= 0.6 is 0 Å². The summed E-state index contributed by atoms with van der Waals surface area (Å²) in [6.07, 6.45) is 7.11. The van der Waals surface area contributed by atoms with Crippen LogP contribution in [-0.2, 0) is 4.79 Å². The highest BCUT2D eigenvalue weighted by molar-refractivity contribution is 5.84. The summed E-state index contributed by atoms with van der Waals surface area (Å²) in [7, 11) is 0. The van der Waals surface area contributed by atoms with E-state index in [9.17, 15) is 4.79 Å². The first kappa shape index (κ1) is 13.5. The number of amides is 1. The van der Waals surface area contributed by atoms with Crippen LogP contribution in [0.3, 0.4) is 0 Å². The first-order valence-electron chi connectivity index (χ1n) is 6.81. The van der Waals surface area contributed by atoms with Crippen molar-refractivity contribution in [2.75, 3.05) is 6.54 Å². The molecular formula is C13H26N2O. The third kappa shape index (κ3) is 3.21. The van der Waals surface area contributed by atoms with E-state index in [2.05, 4.69) is 26.1 Å². The van der Waals surface area contributed by atoms with Crippen molar-refractivity contribution in [1.82, 2.24) is 10.2 Å². The Labute approximate surface area is 99.6 Å². The fraction of sp³-hybridized carbons (Fsp3) is 0.923. The standard InChI is InChI=1S/C13H26N2O/c1-4-7-8-9-10-15-12(6-3)14-11(5-2)13(15)16/h11-12,14H,4-10H2,1-3H3. The molecule has 1 aliphatic rings. The van der Waals surface area contributed by atoms with Gasteiger partial charge >= 0.3 is 0 Å². The number of rotatable bonds is 7. The van der Waals surface area contributed by atoms with Gasteiger partial charge in [-0.3, -0.25) is 10.1 Å². The molecule has 0 aliphatic carbocycles. The molecule has 1 aliphatic heterocycles. The molecule has 1 heterocycles. The van der Waals surface area contributed by atoms with E-state index in [0.717, 1.165) is 25.8 Å². The van der Waals surface area contributed by atoms with Crippen LogP contribution in [0.2, 0.25) is 0 Å². The van der Waals surface area contributed by atoms with Crippen molar-refractivity contribution in [3.8, 4) is 0 Å². The number of nitrogens with one attached hydrogen (secondary N) is 1. The molecule has 0 saturated carbocycles. The minimum Gasteiger partial charge on any atom is -0.326 e. The van der Waals surface area contributed by atoms with Gasteiger partial charge in [-0.15, -0.1) is 0 Å². The van der Waals surface area contributed by atoms with Crippen LogP contribution in [0.15, 0.2) is 0 Å². The molecular weight excluding hydrogens is 200 g/mol. The number of carbonyl (C=O) groups is 1. The monoisotopic (exact) mass is 226 g/mol. The number of hydrogen-bond acceptors (Lipinski definition) is 2. The summed E-state index contributed by atoms with van der Waals surface area (Å²) < 4.78 is 0. The quantitative estimate of drug-likeness (QED) is 0.677. The molecule has 0 aromatic carbocycles. The van der Waals surface area contributed by atoms with Gasteiger partial charge in [0, 0.05) is 6.54 Å². The van der Waals surface area contributed by atoms with Crippen molar-refractivity contribution in [3.63, 3.8) is 0 Å². The molecule has 1 amide bonds. The van der Waals surface area contributed by atoms with Gasteiger partial charge in [-0.2, -0.15) is 0 Å². The van der Waals surface area contributed by atoms with Gasteiger partial charge in [0.15, 0.2) is 0 Å². The van der Waals surface area contributed by atoms with E-state index in [1.165, 1.54) is 19.3 Å². The minimum atomic E-state index is 0.0659. The molecule has 3 heteroatoms. The Balaban J connectivity index is 2.39. The van der Waals surface area contributed by atoms with Crippen LogP contribution in [0.25, 0.3) is 0 Å². The van der Waals surface area contributed by atoms with Crippen molar-refractivity contribution < 1.29 is 4.79 Å². The van der Waals surface area contributed by atoms with Crippen molar-refractivity contribution in [3.05, 3.63) is 0 Å². The first-order valence-corrected chi connectivity index (χ1v) is 6.81. The van der Waals surface area contributed by atoms with Crippen molar-refractivity contribution in [1.29, 1.82) is 0 Å². The first-order chi connectivity index (χ1) is 7.74. The largest absolute Gasteiger partial charge is 0.326 e. The van der Waals surface area contributed by atoms with E-state index in [1.807, 2.05) is 4.90 Å². The highest BCUT2D eigenvalue weighted by Gasteiger charge is 2.35. The van der Waals surface area contributed by atoms with Crippen LogP contribution in [0, 0.1) is 0 Å². The smallest absolute Gasteiger partial charge is 0.241 e. The van der Waals surface area contributed by atoms with E-state index < -0.39 is 0 Å². The summed E-state index contributed by atoms with van der Waals surface area (Å²) in [6, 6.07) is 0.0659. The molecule has 16 heavy (non-hydrogen) atoms. The summed E-state index contributed by atoms with van der Waals surface area (Å²) in [4.78, 5) is 14.1. The summed E-state index contributed by atoms with van der Waals surface area (Å²) in [5.41, 5.74) is 0. The Hall–Kier alpha value is -0.570. The van der Waals surface area contributed by atoms with Gasteiger partial charge in [-0.25, -0.2) is 0 Å². The number of carbonyl (C=O) groups excluding carboxylic acids is 1. The molecule has 1 saturated heterocycles. The van der Waals surface area contributed by atoms with E-state index in [0.29, 0.717) is 5.91 Å². The number of unbranched alkanes of at least 4 members (excludes halogenated alkanes) is 3. The Morgan fingerprint density at radius 2 is 1.88 bits per heavy atom. The third-order valence-electron chi connectivity index (χ3n) is 3.40. The summed E-state index contributed by atoms with van der Waals surface area (Å²) >= 11 is 0. The molecule has 1 rings (SSSR count). The lowest BCUT2D eigenvalue weighted by Crippen LogP contribution is -2.37. The molecule has 2 unspecified atom stereocenters. The zero-order valence-corrected chi connectivity index (χ0v) is 11.0. The summed E-state index contributed by atoms with van der Waals surface area (Å²) in [5.74, 6) is 0.311. The van der Waals surface area contributed by atoms with E-state index in [1.54, 1.807) is 0 Å². The topological polar surface area (TPSA) is 32.3 Å². The normalized spacial score (nSPS) is 25.4. The van der Waals surface area contributed by atoms with Gasteiger partial charge in [0.05, 0.1) is 12.2 Å². The lowest BCUT2D eigenvalue weighted by molar-refractivity contribution is -0.130. The zero-order valence-electron chi connectivity index (χ0n) is 11.0. The van der Waals surface area contributed by atoms with Crippen LogP contribution < -0.4 is 5.32 Å². The average molecular weight is 226 g/mol. The molecule has 94 valence electrons. The van der Waals surface area contributed by atoms with Gasteiger partial charge in [0.1, 0.15) is 0 Å². The Kier molecular flexibility index (Phi) is 5.81. The summed E-state index contributed by atoms with van der Waals surface area (Å²) in [6.45, 7) is 7.36. The fourth-order valence-corrected chi connectivity index (χ4v) is 2.35. The lowest BCUT2D eigenvalue weighted by Gasteiger charge is -2.22. The van der Waals surface area contributed by atoms with Gasteiger partial charge in [0.2, 0.25) is 5.91 Å². The van der Waals surface area contributed by atoms with E-state index in [-0.39, 0.29) is 12.2 Å². The van der Waals surface area contributed by atoms with Crippen LogP contribution in [-0.4, -0.2) is 29.6 Å². The van der Waals surface area contributed by atoms with Gasteiger partial charge in [0.25, 0.3) is 0 Å². The van der Waals surface area contributed by atoms with E-state index in [4.69, 9.17) is 0 Å². The SMILES string of the molecule is CCCCCCN1C(=O)C(CC)NC1CC. The van der Waals surface area contributed by atoms with Crippen molar-refractivity contribution >= 4 is 5.91 Å². The molecule has 0 radical (unpaired) electrons. The maximum Gasteiger partial charge on any atom is 0.241 e. The Morgan fingerprint density at radius 1 is 1.12 bits per heavy atom. The number of hydrogen-bond donors (Lipinski definition) is 1. The maximum atomic E-state index is 12.0. The van der Waals surface area contributed by atoms with E-state index >= 15 is 0 Å². The second kappa shape index (κ2) is 6.89. The van der Waals surface area contributed by atoms with Crippen LogP contribution in [0.1, 0.15) is 59.3 Å². The Morgan fingerprint density at radius 3 is 2.44 bits per heavy atom. The third-order valence-corrected chi connectivity index (χ3v) is 3.40. The Bertz CT molecular complexity index is 218. The molecule has 0 spiro atoms. The van der Waals surface area contributed by atoms with Crippen molar-refractivity contribution in [2.24, 2.45) is 0 Å². The van der Waals surface area contributed by atoms with Gasteiger partial charge in [-0.05, 0) is 19.3 Å². The number of nitrogens with zero attached hydrogens (tertiary/aromatic N) is 1. The predicted molar refractivity (Wildman–Crippen MR) is 67.1 cm³/mol. The molecule has 0 aromatic rings. The molecule has 0 aromatic heterocycles. The zero-order chi connectivity index (χ0) is 12.0. The predicted octanol–water partition coefficient (Wildman–Crippen LogP) is 2.51. The fourth-order valence-electron chi connectivity index (χ4n) is 2.35. The van der Waals surface area contributed by atoms with Gasteiger partial charge < -0.3 is 4.90 Å². The second-order valence-corrected chi connectivity index (χ2v) is 4.64. The molecule has 1 fully saturated rings. The molecule has 2 atom stereocenters. The average Bonchev–Trinajstić information content (AvgIpc) is 2.61. The van der Waals surface area contributed by atoms with Crippen molar-refractivity contribution in [2.45, 2.75) is 71.5 Å². The second-order valence-electron chi connectivity index (χ2n) is 4.64. The molecule has 0 bridgehead atoms. The molecule has 1 N–H and O–H groups in total. The van der Waals surface area contributed by atoms with Crippen LogP contribution in [0.5, 0.6) is 0 Å². The highest BCUT2D eigenvalue weighted by atomic mass is 16.2. The highest BCUT2D eigenvalue weighted by Crippen LogP contribution is 2.16. The molecule has 3 nitrogen and oxygen atoms in total. The van der Waals surface area contributed by atoms with Gasteiger partial charge in [-0.1, -0.05) is 40.0 Å². The maximum absolute atomic E-state index is 12.0. The van der Waals surface area contributed by atoms with Crippen LogP contribution in [0.4, 0.5) is 0 Å². The summed E-state index contributed by atoms with van der Waals surface area (Å²) in [5, 5.41) is 3.41. The minimum absolute atomic E-state index is 0.0659. The lowest BCUT2D eigenvalue weighted by atomic mass is 10.2.